The minimum atomic E-state index is -0.534. The summed E-state index contributed by atoms with van der Waals surface area (Å²) in [7, 11) is 0. The summed E-state index contributed by atoms with van der Waals surface area (Å²) in [5.74, 6) is 0.485. The topological polar surface area (TPSA) is 97.2 Å². The zero-order chi connectivity index (χ0) is 20.2. The Morgan fingerprint density at radius 3 is 2.79 bits per heavy atom. The van der Waals surface area contributed by atoms with Gasteiger partial charge in [-0.3, -0.25) is 9.50 Å². The van der Waals surface area contributed by atoms with E-state index in [9.17, 15) is 9.18 Å². The lowest BCUT2D eigenvalue weighted by molar-refractivity contribution is -0.137. The molecule has 9 heteroatoms. The number of aromatic nitrogens is 5. The van der Waals surface area contributed by atoms with Crippen molar-refractivity contribution in [2.45, 2.75) is 6.92 Å². The number of hydrogen-bond acceptors (Lipinski definition) is 6. The smallest absolute Gasteiger partial charge is 0.331 e. The first kappa shape index (κ1) is 18.4. The van der Waals surface area contributed by atoms with Crippen molar-refractivity contribution in [3.8, 4) is 0 Å². The summed E-state index contributed by atoms with van der Waals surface area (Å²) in [6.45, 7) is 1.95. The molecule has 4 aromatic rings. The van der Waals surface area contributed by atoms with E-state index < -0.39 is 5.97 Å². The van der Waals surface area contributed by atoms with E-state index in [1.165, 1.54) is 18.2 Å². The van der Waals surface area contributed by atoms with Gasteiger partial charge in [-0.25, -0.2) is 14.2 Å². The van der Waals surface area contributed by atoms with E-state index in [4.69, 9.17) is 4.74 Å². The third-order valence-electron chi connectivity index (χ3n) is 4.08. The van der Waals surface area contributed by atoms with E-state index in [1.807, 2.05) is 18.3 Å². The van der Waals surface area contributed by atoms with Gasteiger partial charge in [0.1, 0.15) is 17.3 Å². The van der Waals surface area contributed by atoms with Crippen molar-refractivity contribution in [2.24, 2.45) is 0 Å². The maximum absolute atomic E-state index is 13.4. The predicted octanol–water partition coefficient (Wildman–Crippen LogP) is 3.33. The highest BCUT2D eigenvalue weighted by Crippen LogP contribution is 2.24. The molecule has 3 aromatic heterocycles. The molecular formula is C20H17FN6O2. The zero-order valence-corrected chi connectivity index (χ0v) is 15.5. The van der Waals surface area contributed by atoms with Crippen molar-refractivity contribution in [3.05, 3.63) is 78.1 Å². The van der Waals surface area contributed by atoms with Crippen molar-refractivity contribution >= 4 is 29.0 Å². The molecule has 0 atom stereocenters. The van der Waals surface area contributed by atoms with Gasteiger partial charge in [0.05, 0.1) is 12.8 Å². The van der Waals surface area contributed by atoms with Crippen molar-refractivity contribution < 1.29 is 13.9 Å². The summed E-state index contributed by atoms with van der Waals surface area (Å²) in [6, 6.07) is 11.2. The molecule has 0 aliphatic heterocycles. The Morgan fingerprint density at radius 2 is 2.07 bits per heavy atom. The predicted molar refractivity (Wildman–Crippen MR) is 105 cm³/mol. The highest BCUT2D eigenvalue weighted by Gasteiger charge is 2.16. The Kier molecular flexibility index (Phi) is 5.02. The molecule has 0 saturated carbocycles. The van der Waals surface area contributed by atoms with Crippen LogP contribution in [-0.4, -0.2) is 37.1 Å². The summed E-state index contributed by atoms with van der Waals surface area (Å²) >= 11 is 0. The molecule has 4 rings (SSSR count). The van der Waals surface area contributed by atoms with E-state index in [2.05, 4.69) is 25.5 Å². The standard InChI is InChI=1S/C20H17FN6O2/c1-2-29-18(28)12-15(13-5-7-14(21)8-6-13)19-24-17-4-3-11-27(17)20(25-19)23-16-9-10-22-26-16/h3-12H,2H2,1H3,(H2,22,23,24,25,26). The number of aromatic amines is 1. The molecule has 0 radical (unpaired) electrons. The number of esters is 1. The first-order chi connectivity index (χ1) is 14.1. The van der Waals surface area contributed by atoms with Crippen LogP contribution in [0.15, 0.2) is 60.9 Å². The van der Waals surface area contributed by atoms with Crippen LogP contribution in [0.1, 0.15) is 18.3 Å². The maximum Gasteiger partial charge on any atom is 0.331 e. The van der Waals surface area contributed by atoms with Crippen molar-refractivity contribution in [1.29, 1.82) is 0 Å². The molecule has 3 heterocycles. The molecule has 2 N–H and O–H groups in total. The van der Waals surface area contributed by atoms with Crippen LogP contribution in [0.25, 0.3) is 11.2 Å². The van der Waals surface area contributed by atoms with E-state index in [-0.39, 0.29) is 18.2 Å². The summed E-state index contributed by atoms with van der Waals surface area (Å²) in [5.41, 5.74) is 1.62. The third kappa shape index (κ3) is 3.98. The lowest BCUT2D eigenvalue weighted by Gasteiger charge is -2.12. The number of H-pyrrole nitrogens is 1. The molecule has 0 spiro atoms. The summed E-state index contributed by atoms with van der Waals surface area (Å²) in [4.78, 5) is 21.3. The number of carbonyl (C=O) groups excluding carboxylic acids is 1. The van der Waals surface area contributed by atoms with Gasteiger partial charge >= 0.3 is 5.97 Å². The molecular weight excluding hydrogens is 375 g/mol. The van der Waals surface area contributed by atoms with Crippen LogP contribution in [0.4, 0.5) is 16.2 Å². The van der Waals surface area contributed by atoms with Gasteiger partial charge in [-0.15, -0.1) is 0 Å². The third-order valence-corrected chi connectivity index (χ3v) is 4.08. The molecule has 0 saturated heterocycles. The van der Waals surface area contributed by atoms with Gasteiger partial charge < -0.3 is 10.1 Å². The van der Waals surface area contributed by atoms with E-state index in [1.54, 1.807) is 35.7 Å². The first-order valence-corrected chi connectivity index (χ1v) is 8.90. The molecule has 146 valence electrons. The minimum absolute atomic E-state index is 0.233. The Bertz CT molecular complexity index is 1170. The highest BCUT2D eigenvalue weighted by atomic mass is 19.1. The van der Waals surface area contributed by atoms with Crippen LogP contribution in [-0.2, 0) is 9.53 Å². The summed E-state index contributed by atoms with van der Waals surface area (Å²) in [5, 5.41) is 9.86. The Labute approximate surface area is 165 Å². The first-order valence-electron chi connectivity index (χ1n) is 8.90. The zero-order valence-electron chi connectivity index (χ0n) is 15.5. The summed E-state index contributed by atoms with van der Waals surface area (Å²) < 4.78 is 20.2. The van der Waals surface area contributed by atoms with Gasteiger partial charge in [0.25, 0.3) is 0 Å². The maximum atomic E-state index is 13.4. The molecule has 1 aromatic carbocycles. The van der Waals surface area contributed by atoms with Crippen LogP contribution in [0.5, 0.6) is 0 Å². The van der Waals surface area contributed by atoms with Crippen LogP contribution < -0.4 is 5.32 Å². The second-order valence-corrected chi connectivity index (χ2v) is 6.02. The summed E-state index contributed by atoms with van der Waals surface area (Å²) in [6.07, 6.45) is 4.73. The largest absolute Gasteiger partial charge is 0.463 e. The molecule has 29 heavy (non-hydrogen) atoms. The van der Waals surface area contributed by atoms with E-state index in [0.717, 1.165) is 0 Å². The van der Waals surface area contributed by atoms with Crippen molar-refractivity contribution in [2.75, 3.05) is 11.9 Å². The fourth-order valence-electron chi connectivity index (χ4n) is 2.79. The second kappa shape index (κ2) is 7.93. The van der Waals surface area contributed by atoms with Crippen LogP contribution >= 0.6 is 0 Å². The number of nitrogens with zero attached hydrogens (tertiary/aromatic N) is 4. The molecule has 0 fully saturated rings. The van der Waals surface area contributed by atoms with Crippen LogP contribution in [0, 0.1) is 5.82 Å². The number of ether oxygens (including phenoxy) is 1. The van der Waals surface area contributed by atoms with Gasteiger partial charge in [-0.05, 0) is 36.8 Å². The van der Waals surface area contributed by atoms with Gasteiger partial charge in [-0.2, -0.15) is 10.1 Å². The average Bonchev–Trinajstić information content (AvgIpc) is 3.39. The number of rotatable bonds is 6. The number of nitrogens with one attached hydrogen (secondary N) is 2. The normalized spacial score (nSPS) is 11.6. The fraction of sp³-hybridized carbons (Fsp3) is 0.100. The van der Waals surface area contributed by atoms with Gasteiger partial charge in [0.2, 0.25) is 5.95 Å². The van der Waals surface area contributed by atoms with E-state index in [0.29, 0.717) is 28.5 Å². The van der Waals surface area contributed by atoms with Crippen molar-refractivity contribution in [1.82, 2.24) is 24.6 Å². The molecule has 0 unspecified atom stereocenters. The molecule has 0 aliphatic carbocycles. The van der Waals surface area contributed by atoms with Crippen LogP contribution in [0.3, 0.4) is 0 Å². The SMILES string of the molecule is CCOC(=O)C=C(c1ccc(F)cc1)c1nc(Nc2ccn[nH]2)n2cccc2n1. The monoisotopic (exact) mass is 392 g/mol. The molecule has 0 aliphatic rings. The Morgan fingerprint density at radius 1 is 1.24 bits per heavy atom. The molecule has 0 amide bonds. The number of fused-ring (bicyclic) bond motifs is 1. The number of halogens is 1. The average molecular weight is 392 g/mol. The Hall–Kier alpha value is -4.01. The van der Waals surface area contributed by atoms with Crippen molar-refractivity contribution in [3.63, 3.8) is 0 Å². The fourth-order valence-corrected chi connectivity index (χ4v) is 2.79. The second-order valence-electron chi connectivity index (χ2n) is 6.02. The van der Waals surface area contributed by atoms with Gasteiger partial charge in [-0.1, -0.05) is 12.1 Å². The lowest BCUT2D eigenvalue weighted by atomic mass is 10.0. The Balaban J connectivity index is 1.85. The molecule has 8 nitrogen and oxygen atoms in total. The van der Waals surface area contributed by atoms with E-state index >= 15 is 0 Å². The minimum Gasteiger partial charge on any atom is -0.463 e. The quantitative estimate of drug-likeness (QED) is 0.386. The number of hydrogen-bond donors (Lipinski definition) is 2. The molecule has 0 bridgehead atoms. The highest BCUT2D eigenvalue weighted by molar-refractivity contribution is 5.95. The number of carbonyl (C=O) groups is 1. The van der Waals surface area contributed by atoms with Gasteiger partial charge in [0.15, 0.2) is 5.82 Å². The van der Waals surface area contributed by atoms with Crippen LogP contribution in [0.2, 0.25) is 0 Å². The lowest BCUT2D eigenvalue weighted by Crippen LogP contribution is -2.08. The number of anilines is 2. The number of benzene rings is 1. The van der Waals surface area contributed by atoms with Gasteiger partial charge in [0, 0.05) is 23.9 Å².